The van der Waals surface area contributed by atoms with E-state index in [0.717, 1.165) is 6.07 Å². The first-order chi connectivity index (χ1) is 5.74. The number of hydrogen-bond donors (Lipinski definition) is 0. The Morgan fingerprint density at radius 1 is 1.42 bits per heavy atom. The van der Waals surface area contributed by atoms with Gasteiger partial charge in [-0.2, -0.15) is 0 Å². The van der Waals surface area contributed by atoms with Crippen LogP contribution in [0.15, 0.2) is 18.2 Å². The van der Waals surface area contributed by atoms with Gasteiger partial charge in [0.15, 0.2) is 11.6 Å². The fourth-order valence-electron chi connectivity index (χ4n) is 0.741. The van der Waals surface area contributed by atoms with E-state index in [1.54, 1.807) is 0 Å². The Balaban J connectivity index is 2.72. The Morgan fingerprint density at radius 3 is 2.75 bits per heavy atom. The molecule has 12 heavy (non-hydrogen) atoms. The molecule has 0 N–H and O–H groups in total. The lowest BCUT2D eigenvalue weighted by Crippen LogP contribution is -2.00. The van der Waals surface area contributed by atoms with Gasteiger partial charge in [0, 0.05) is 5.02 Å². The molecule has 0 aromatic heterocycles. The second-order valence-electron chi connectivity index (χ2n) is 2.11. The van der Waals surface area contributed by atoms with E-state index >= 15 is 0 Å². The molecule has 0 atom stereocenters. The molecule has 0 aliphatic heterocycles. The molecule has 0 heterocycles. The zero-order valence-corrected chi connectivity index (χ0v) is 6.94. The second-order valence-corrected chi connectivity index (χ2v) is 2.55. The van der Waals surface area contributed by atoms with Crippen LogP contribution in [0.5, 0.6) is 5.75 Å². The van der Waals surface area contributed by atoms with E-state index in [1.165, 1.54) is 12.1 Å². The minimum absolute atomic E-state index is 0.0250. The van der Waals surface area contributed by atoms with E-state index in [2.05, 4.69) is 0 Å². The third-order valence-electron chi connectivity index (χ3n) is 1.23. The van der Waals surface area contributed by atoms with Gasteiger partial charge in [-0.05, 0) is 18.2 Å². The summed E-state index contributed by atoms with van der Waals surface area (Å²) in [7, 11) is 0. The molecule has 0 amide bonds. The number of benzene rings is 1. The van der Waals surface area contributed by atoms with Gasteiger partial charge in [0.25, 0.3) is 0 Å². The molecule has 0 bridgehead atoms. The van der Waals surface area contributed by atoms with Crippen molar-refractivity contribution in [1.29, 1.82) is 0 Å². The molecule has 0 aliphatic rings. The van der Waals surface area contributed by atoms with Crippen molar-refractivity contribution in [2.45, 2.75) is 0 Å². The van der Waals surface area contributed by atoms with Gasteiger partial charge in [-0.1, -0.05) is 11.6 Å². The first-order valence-electron chi connectivity index (χ1n) is 3.38. The maximum atomic E-state index is 12.8. The van der Waals surface area contributed by atoms with Crippen molar-refractivity contribution in [3.63, 3.8) is 0 Å². The summed E-state index contributed by atoms with van der Waals surface area (Å²) in [6.45, 7) is -0.777. The molecule has 0 aliphatic carbocycles. The molecule has 1 rings (SSSR count). The predicted molar refractivity (Wildman–Crippen MR) is 42.9 cm³/mol. The van der Waals surface area contributed by atoms with Crippen molar-refractivity contribution in [3.8, 4) is 5.75 Å². The van der Waals surface area contributed by atoms with Gasteiger partial charge in [-0.15, -0.1) is 0 Å². The molecule has 0 unspecified atom stereocenters. The molecular formula is C8H7ClF2O. The lowest BCUT2D eigenvalue weighted by Gasteiger charge is -2.03. The van der Waals surface area contributed by atoms with Gasteiger partial charge in [0.05, 0.1) is 0 Å². The van der Waals surface area contributed by atoms with Crippen LogP contribution < -0.4 is 4.74 Å². The minimum atomic E-state index is -0.637. The molecule has 1 aromatic carbocycles. The number of halogens is 3. The molecule has 0 spiro atoms. The number of rotatable bonds is 3. The topological polar surface area (TPSA) is 9.23 Å². The van der Waals surface area contributed by atoms with Crippen LogP contribution >= 0.6 is 11.6 Å². The normalized spacial score (nSPS) is 9.92. The highest BCUT2D eigenvalue weighted by Crippen LogP contribution is 2.20. The van der Waals surface area contributed by atoms with Crippen LogP contribution in [-0.2, 0) is 0 Å². The first kappa shape index (κ1) is 9.26. The van der Waals surface area contributed by atoms with Crippen molar-refractivity contribution in [2.24, 2.45) is 0 Å². The molecule has 66 valence electrons. The van der Waals surface area contributed by atoms with E-state index in [9.17, 15) is 8.78 Å². The third kappa shape index (κ3) is 2.34. The van der Waals surface area contributed by atoms with E-state index in [0.29, 0.717) is 5.02 Å². The van der Waals surface area contributed by atoms with Gasteiger partial charge in [-0.3, -0.25) is 0 Å². The van der Waals surface area contributed by atoms with Crippen molar-refractivity contribution in [2.75, 3.05) is 13.3 Å². The summed E-state index contributed by atoms with van der Waals surface area (Å²) in [6.07, 6.45) is 0. The molecule has 0 saturated carbocycles. The second kappa shape index (κ2) is 4.26. The zero-order chi connectivity index (χ0) is 8.97. The summed E-state index contributed by atoms with van der Waals surface area (Å²) in [6, 6.07) is 3.97. The minimum Gasteiger partial charge on any atom is -0.488 e. The molecule has 0 radical (unpaired) electrons. The van der Waals surface area contributed by atoms with Crippen molar-refractivity contribution in [3.05, 3.63) is 29.0 Å². The SMILES string of the molecule is FCCOc1ccc(Cl)cc1F. The van der Waals surface area contributed by atoms with E-state index in [4.69, 9.17) is 16.3 Å². The van der Waals surface area contributed by atoms with Crippen LogP contribution in [0.2, 0.25) is 5.02 Å². The van der Waals surface area contributed by atoms with E-state index in [1.807, 2.05) is 0 Å². The smallest absolute Gasteiger partial charge is 0.166 e. The third-order valence-corrected chi connectivity index (χ3v) is 1.46. The monoisotopic (exact) mass is 192 g/mol. The molecule has 1 aromatic rings. The molecule has 0 fully saturated rings. The molecule has 4 heteroatoms. The molecular weight excluding hydrogens is 186 g/mol. The van der Waals surface area contributed by atoms with Crippen molar-refractivity contribution < 1.29 is 13.5 Å². The Hall–Kier alpha value is -0.830. The summed E-state index contributed by atoms with van der Waals surface area (Å²) in [5.41, 5.74) is 0. The van der Waals surface area contributed by atoms with E-state index in [-0.39, 0.29) is 12.4 Å². The summed E-state index contributed by atoms with van der Waals surface area (Å²) >= 11 is 5.48. The van der Waals surface area contributed by atoms with E-state index < -0.39 is 12.5 Å². The quantitative estimate of drug-likeness (QED) is 0.716. The fourth-order valence-corrected chi connectivity index (χ4v) is 0.900. The van der Waals surface area contributed by atoms with Crippen molar-refractivity contribution in [1.82, 2.24) is 0 Å². The van der Waals surface area contributed by atoms with Gasteiger partial charge in [0.1, 0.15) is 13.3 Å². The standard InChI is InChI=1S/C8H7ClF2O/c9-6-1-2-8(7(11)5-6)12-4-3-10/h1-2,5H,3-4H2. The van der Waals surface area contributed by atoms with Crippen molar-refractivity contribution >= 4 is 11.6 Å². The molecule has 0 saturated heterocycles. The highest BCUT2D eigenvalue weighted by atomic mass is 35.5. The van der Waals surface area contributed by atoms with Gasteiger partial charge in [-0.25, -0.2) is 8.78 Å². The van der Waals surface area contributed by atoms with Gasteiger partial charge >= 0.3 is 0 Å². The Morgan fingerprint density at radius 2 is 2.17 bits per heavy atom. The Kier molecular flexibility index (Phi) is 3.29. The summed E-state index contributed by atoms with van der Waals surface area (Å²) in [5.74, 6) is -0.548. The van der Waals surface area contributed by atoms with Gasteiger partial charge < -0.3 is 4.74 Å². The molecule has 1 nitrogen and oxygen atoms in total. The Bertz CT molecular complexity index is 265. The van der Waals surface area contributed by atoms with Crippen LogP contribution in [0.4, 0.5) is 8.78 Å². The maximum absolute atomic E-state index is 12.8. The summed E-state index contributed by atoms with van der Waals surface area (Å²) in [4.78, 5) is 0. The van der Waals surface area contributed by atoms with Gasteiger partial charge in [0.2, 0.25) is 0 Å². The zero-order valence-electron chi connectivity index (χ0n) is 6.19. The Labute approximate surface area is 73.9 Å². The largest absolute Gasteiger partial charge is 0.488 e. The number of alkyl halides is 1. The average molecular weight is 193 g/mol. The highest BCUT2D eigenvalue weighted by molar-refractivity contribution is 6.30. The number of hydrogen-bond acceptors (Lipinski definition) is 1. The lowest BCUT2D eigenvalue weighted by molar-refractivity contribution is 0.262. The summed E-state index contributed by atoms with van der Waals surface area (Å²) < 4.78 is 29.2. The predicted octanol–water partition coefficient (Wildman–Crippen LogP) is 2.83. The lowest BCUT2D eigenvalue weighted by atomic mass is 10.3. The van der Waals surface area contributed by atoms with Crippen LogP contribution in [0.1, 0.15) is 0 Å². The van der Waals surface area contributed by atoms with Crippen LogP contribution in [-0.4, -0.2) is 13.3 Å². The highest BCUT2D eigenvalue weighted by Gasteiger charge is 2.02. The number of ether oxygens (including phenoxy) is 1. The van der Waals surface area contributed by atoms with Crippen LogP contribution in [0.25, 0.3) is 0 Å². The van der Waals surface area contributed by atoms with Crippen LogP contribution in [0.3, 0.4) is 0 Å². The first-order valence-corrected chi connectivity index (χ1v) is 3.75. The summed E-state index contributed by atoms with van der Waals surface area (Å²) in [5, 5.41) is 0.292. The van der Waals surface area contributed by atoms with Crippen LogP contribution in [0, 0.1) is 5.82 Å². The average Bonchev–Trinajstić information content (AvgIpc) is 2.03. The fraction of sp³-hybridized carbons (Fsp3) is 0.250. The maximum Gasteiger partial charge on any atom is 0.166 e.